The fourth-order valence-corrected chi connectivity index (χ4v) is 2.75. The van der Waals surface area contributed by atoms with E-state index in [1.165, 1.54) is 0 Å². The highest BCUT2D eigenvalue weighted by Gasteiger charge is 2.13. The molecule has 0 aliphatic rings. The molecular formula is C22H26ClN3O2. The molecule has 1 heterocycles. The van der Waals surface area contributed by atoms with E-state index in [1.807, 2.05) is 54.7 Å². The number of hydrogen-bond acceptors (Lipinski definition) is 4. The van der Waals surface area contributed by atoms with E-state index in [0.29, 0.717) is 17.3 Å². The van der Waals surface area contributed by atoms with E-state index < -0.39 is 6.10 Å². The van der Waals surface area contributed by atoms with Crippen molar-refractivity contribution in [3.8, 4) is 28.4 Å². The van der Waals surface area contributed by atoms with Gasteiger partial charge in [-0.3, -0.25) is 0 Å². The number of rotatable bonds is 7. The number of β-amino-alcohol motifs (C(OH)–C–C–N with tert-alkyl or cyclic N) is 1. The predicted octanol–water partition coefficient (Wildman–Crippen LogP) is 4.52. The molecule has 1 aromatic heterocycles. The van der Waals surface area contributed by atoms with Gasteiger partial charge in [0.2, 0.25) is 0 Å². The lowest BCUT2D eigenvalue weighted by atomic mass is 10.1. The Morgan fingerprint density at radius 2 is 1.71 bits per heavy atom. The maximum Gasteiger partial charge on any atom is 0.137 e. The Balaban J connectivity index is 1.58. The molecule has 0 radical (unpaired) electrons. The zero-order valence-corrected chi connectivity index (χ0v) is 17.1. The second-order valence-corrected chi connectivity index (χ2v) is 8.21. The molecule has 6 heteroatoms. The summed E-state index contributed by atoms with van der Waals surface area (Å²) in [6.07, 6.45) is 1.24. The van der Waals surface area contributed by atoms with Crippen LogP contribution in [-0.2, 0) is 0 Å². The molecule has 0 bridgehead atoms. The van der Waals surface area contributed by atoms with Crippen LogP contribution >= 0.6 is 11.6 Å². The van der Waals surface area contributed by atoms with Crippen LogP contribution in [0.1, 0.15) is 20.8 Å². The van der Waals surface area contributed by atoms with Crippen molar-refractivity contribution in [1.82, 2.24) is 15.3 Å². The fraction of sp³-hybridized carbons (Fsp3) is 0.318. The van der Waals surface area contributed by atoms with Gasteiger partial charge < -0.3 is 20.1 Å². The number of aromatic nitrogens is 2. The highest BCUT2D eigenvalue weighted by Crippen LogP contribution is 2.25. The number of nitrogens with zero attached hydrogens (tertiary/aromatic N) is 1. The number of imidazole rings is 1. The van der Waals surface area contributed by atoms with Gasteiger partial charge in [0.1, 0.15) is 24.3 Å². The molecule has 148 valence electrons. The number of aliphatic hydroxyl groups is 1. The normalized spacial score (nSPS) is 12.8. The first-order chi connectivity index (χ1) is 13.3. The lowest BCUT2D eigenvalue weighted by molar-refractivity contribution is 0.100. The number of benzene rings is 2. The molecule has 3 rings (SSSR count). The van der Waals surface area contributed by atoms with Gasteiger partial charge in [0.15, 0.2) is 0 Å². The van der Waals surface area contributed by atoms with Crippen LogP contribution in [0.4, 0.5) is 0 Å². The average Bonchev–Trinajstić information content (AvgIpc) is 3.15. The summed E-state index contributed by atoms with van der Waals surface area (Å²) in [5.41, 5.74) is 2.89. The van der Waals surface area contributed by atoms with E-state index in [9.17, 15) is 5.11 Å². The number of aliphatic hydroxyl groups excluding tert-OH is 1. The van der Waals surface area contributed by atoms with E-state index in [-0.39, 0.29) is 12.1 Å². The molecule has 0 aliphatic carbocycles. The Morgan fingerprint density at radius 3 is 2.36 bits per heavy atom. The predicted molar refractivity (Wildman–Crippen MR) is 114 cm³/mol. The average molecular weight is 400 g/mol. The lowest BCUT2D eigenvalue weighted by Gasteiger charge is -2.22. The third-order valence-corrected chi connectivity index (χ3v) is 4.42. The van der Waals surface area contributed by atoms with Crippen LogP contribution in [0.25, 0.3) is 22.6 Å². The summed E-state index contributed by atoms with van der Waals surface area (Å²) in [7, 11) is 0. The van der Waals surface area contributed by atoms with Crippen LogP contribution in [-0.4, -0.2) is 39.9 Å². The number of nitrogens with one attached hydrogen (secondary N) is 2. The molecule has 1 unspecified atom stereocenters. The summed E-state index contributed by atoms with van der Waals surface area (Å²) in [5.74, 6) is 1.49. The summed E-state index contributed by atoms with van der Waals surface area (Å²) in [4.78, 5) is 7.78. The van der Waals surface area contributed by atoms with Gasteiger partial charge in [-0.2, -0.15) is 0 Å². The molecule has 28 heavy (non-hydrogen) atoms. The summed E-state index contributed by atoms with van der Waals surface area (Å²) < 4.78 is 5.68. The van der Waals surface area contributed by atoms with Gasteiger partial charge in [0.05, 0.1) is 11.9 Å². The molecule has 0 fully saturated rings. The van der Waals surface area contributed by atoms with Crippen molar-refractivity contribution in [2.45, 2.75) is 32.4 Å². The molecule has 0 saturated carbocycles. The number of hydrogen-bond donors (Lipinski definition) is 3. The molecule has 3 N–H and O–H groups in total. The maximum absolute atomic E-state index is 10.0. The maximum atomic E-state index is 10.0. The van der Waals surface area contributed by atoms with Gasteiger partial charge in [0.25, 0.3) is 0 Å². The fourth-order valence-electron chi connectivity index (χ4n) is 2.63. The van der Waals surface area contributed by atoms with Gasteiger partial charge in [-0.25, -0.2) is 4.98 Å². The van der Waals surface area contributed by atoms with Crippen molar-refractivity contribution in [2.75, 3.05) is 13.2 Å². The molecule has 1 atom stereocenters. The smallest absolute Gasteiger partial charge is 0.137 e. The first kappa shape index (κ1) is 20.4. The minimum absolute atomic E-state index is 0.0312. The van der Waals surface area contributed by atoms with Crippen molar-refractivity contribution in [3.05, 3.63) is 59.8 Å². The first-order valence-electron chi connectivity index (χ1n) is 9.27. The summed E-state index contributed by atoms with van der Waals surface area (Å²) in [5, 5.41) is 14.0. The monoisotopic (exact) mass is 399 g/mol. The lowest BCUT2D eigenvalue weighted by Crippen LogP contribution is -2.42. The number of ether oxygens (including phenoxy) is 1. The van der Waals surface area contributed by atoms with Crippen molar-refractivity contribution in [1.29, 1.82) is 0 Å². The molecule has 0 aliphatic heterocycles. The quantitative estimate of drug-likeness (QED) is 0.546. The Morgan fingerprint density at radius 1 is 1.07 bits per heavy atom. The van der Waals surface area contributed by atoms with Crippen LogP contribution in [0.15, 0.2) is 54.7 Å². The number of H-pyrrole nitrogens is 1. The Bertz CT molecular complexity index is 883. The second kappa shape index (κ2) is 8.78. The van der Waals surface area contributed by atoms with E-state index in [2.05, 4.69) is 36.1 Å². The zero-order valence-electron chi connectivity index (χ0n) is 16.4. The van der Waals surface area contributed by atoms with Gasteiger partial charge in [-0.05, 0) is 62.7 Å². The third kappa shape index (κ3) is 5.83. The topological polar surface area (TPSA) is 70.2 Å². The van der Waals surface area contributed by atoms with Crippen LogP contribution in [0.2, 0.25) is 5.02 Å². The first-order valence-corrected chi connectivity index (χ1v) is 9.65. The van der Waals surface area contributed by atoms with Crippen LogP contribution in [0, 0.1) is 0 Å². The molecule has 5 nitrogen and oxygen atoms in total. The van der Waals surface area contributed by atoms with Crippen LogP contribution in [0.3, 0.4) is 0 Å². The highest BCUT2D eigenvalue weighted by molar-refractivity contribution is 6.30. The van der Waals surface area contributed by atoms with Crippen LogP contribution < -0.4 is 10.1 Å². The van der Waals surface area contributed by atoms with Crippen molar-refractivity contribution in [3.63, 3.8) is 0 Å². The SMILES string of the molecule is CC(C)(C)NCC(O)COc1ccc(-c2ncc(-c3ccc(Cl)cc3)[nH]2)cc1. The zero-order chi connectivity index (χ0) is 20.1. The van der Waals surface area contributed by atoms with Gasteiger partial charge in [-0.1, -0.05) is 23.7 Å². The largest absolute Gasteiger partial charge is 0.491 e. The molecule has 0 saturated heterocycles. The second-order valence-electron chi connectivity index (χ2n) is 7.77. The minimum Gasteiger partial charge on any atom is -0.491 e. The van der Waals surface area contributed by atoms with E-state index in [1.54, 1.807) is 0 Å². The Kier molecular flexibility index (Phi) is 6.39. The third-order valence-electron chi connectivity index (χ3n) is 4.17. The van der Waals surface area contributed by atoms with Crippen molar-refractivity contribution >= 4 is 11.6 Å². The Labute approximate surface area is 170 Å². The Hall–Kier alpha value is -2.34. The van der Waals surface area contributed by atoms with Crippen LogP contribution in [0.5, 0.6) is 5.75 Å². The summed E-state index contributed by atoms with van der Waals surface area (Å²) >= 11 is 5.94. The van der Waals surface area contributed by atoms with Crippen molar-refractivity contribution < 1.29 is 9.84 Å². The molecule has 0 amide bonds. The highest BCUT2D eigenvalue weighted by atomic mass is 35.5. The van der Waals surface area contributed by atoms with E-state index >= 15 is 0 Å². The molecule has 2 aromatic carbocycles. The number of halogens is 1. The molecule has 3 aromatic rings. The van der Waals surface area contributed by atoms with Gasteiger partial charge in [0, 0.05) is 22.7 Å². The molecular weight excluding hydrogens is 374 g/mol. The minimum atomic E-state index is -0.564. The van der Waals surface area contributed by atoms with Crippen molar-refractivity contribution in [2.24, 2.45) is 0 Å². The van der Waals surface area contributed by atoms with Gasteiger partial charge in [-0.15, -0.1) is 0 Å². The standard InChI is InChI=1S/C22H26ClN3O2/c1-22(2,3)25-12-18(27)14-28-19-10-6-16(7-11-19)21-24-13-20(26-21)15-4-8-17(23)9-5-15/h4-11,13,18,25,27H,12,14H2,1-3H3,(H,24,26). The summed E-state index contributed by atoms with van der Waals surface area (Å²) in [6, 6.07) is 15.3. The van der Waals surface area contributed by atoms with E-state index in [4.69, 9.17) is 16.3 Å². The molecule has 0 spiro atoms. The van der Waals surface area contributed by atoms with Gasteiger partial charge >= 0.3 is 0 Å². The summed E-state index contributed by atoms with van der Waals surface area (Å²) in [6.45, 7) is 6.91. The van der Waals surface area contributed by atoms with E-state index in [0.717, 1.165) is 22.6 Å². The number of aromatic amines is 1.